The molecule has 0 spiro atoms. The first kappa shape index (κ1) is 15.1. The van der Waals surface area contributed by atoms with E-state index < -0.39 is 6.10 Å². The van der Waals surface area contributed by atoms with Crippen molar-refractivity contribution in [1.29, 1.82) is 0 Å². The van der Waals surface area contributed by atoms with Gasteiger partial charge in [-0.05, 0) is 47.1 Å². The highest BCUT2D eigenvalue weighted by Crippen LogP contribution is 2.29. The highest BCUT2D eigenvalue weighted by atomic mass is 79.9. The van der Waals surface area contributed by atoms with Crippen LogP contribution < -0.4 is 0 Å². The largest absolute Gasteiger partial charge is 0.386 e. The topological polar surface area (TPSA) is 38.0 Å². The number of rotatable bonds is 5. The molecule has 19 heavy (non-hydrogen) atoms. The van der Waals surface area contributed by atoms with Gasteiger partial charge in [-0.3, -0.25) is 4.68 Å². The molecular formula is C13H14Br2N2OS. The SMILES string of the molecule is CCn1ncc(Br)c1C(O)CSc1ccc(Br)cc1. The van der Waals surface area contributed by atoms with Crippen LogP contribution in [-0.4, -0.2) is 20.6 Å². The molecule has 3 nitrogen and oxygen atoms in total. The second kappa shape index (κ2) is 6.92. The van der Waals surface area contributed by atoms with Gasteiger partial charge in [0.2, 0.25) is 0 Å². The molecule has 1 aromatic heterocycles. The quantitative estimate of drug-likeness (QED) is 0.755. The Hall–Kier alpha value is -0.300. The maximum absolute atomic E-state index is 10.3. The summed E-state index contributed by atoms with van der Waals surface area (Å²) in [5.74, 6) is 0.603. The van der Waals surface area contributed by atoms with Gasteiger partial charge in [-0.25, -0.2) is 0 Å². The van der Waals surface area contributed by atoms with Crippen LogP contribution in [0.5, 0.6) is 0 Å². The van der Waals surface area contributed by atoms with Crippen molar-refractivity contribution in [2.75, 3.05) is 5.75 Å². The van der Waals surface area contributed by atoms with Crippen LogP contribution in [0.15, 0.2) is 44.3 Å². The van der Waals surface area contributed by atoms with Gasteiger partial charge in [0.1, 0.15) is 6.10 Å². The standard InChI is InChI=1S/C13H14Br2N2OS/c1-2-17-13(11(15)7-16-17)12(18)8-19-10-5-3-9(14)4-6-10/h3-7,12,18H,2,8H2,1H3. The summed E-state index contributed by atoms with van der Waals surface area (Å²) in [5.41, 5.74) is 0.840. The zero-order valence-electron chi connectivity index (χ0n) is 10.4. The van der Waals surface area contributed by atoms with Crippen molar-refractivity contribution in [3.05, 3.63) is 45.1 Å². The summed E-state index contributed by atoms with van der Waals surface area (Å²) in [6.07, 6.45) is 1.19. The van der Waals surface area contributed by atoms with Gasteiger partial charge in [0.15, 0.2) is 0 Å². The van der Waals surface area contributed by atoms with Crippen molar-refractivity contribution in [2.24, 2.45) is 0 Å². The Balaban J connectivity index is 2.03. The number of aliphatic hydroxyl groups excluding tert-OH is 1. The molecule has 0 radical (unpaired) electrons. The minimum atomic E-state index is -0.537. The van der Waals surface area contributed by atoms with Gasteiger partial charge in [-0.15, -0.1) is 11.8 Å². The van der Waals surface area contributed by atoms with Crippen molar-refractivity contribution in [2.45, 2.75) is 24.5 Å². The van der Waals surface area contributed by atoms with E-state index in [0.29, 0.717) is 5.75 Å². The number of hydrogen-bond acceptors (Lipinski definition) is 3. The van der Waals surface area contributed by atoms with Crippen LogP contribution in [-0.2, 0) is 6.54 Å². The molecule has 102 valence electrons. The normalized spacial score (nSPS) is 12.6. The van der Waals surface area contributed by atoms with Gasteiger partial charge in [-0.1, -0.05) is 15.9 Å². The molecule has 0 fully saturated rings. The zero-order valence-corrected chi connectivity index (χ0v) is 14.4. The van der Waals surface area contributed by atoms with E-state index in [1.807, 2.05) is 35.9 Å². The lowest BCUT2D eigenvalue weighted by molar-refractivity contribution is 0.191. The molecule has 0 saturated carbocycles. The van der Waals surface area contributed by atoms with Gasteiger partial charge < -0.3 is 5.11 Å². The molecule has 0 amide bonds. The summed E-state index contributed by atoms with van der Waals surface area (Å²) in [5, 5.41) is 14.5. The maximum Gasteiger partial charge on any atom is 0.106 e. The Bertz CT molecular complexity index is 542. The Kier molecular flexibility index (Phi) is 5.50. The molecule has 0 bridgehead atoms. The van der Waals surface area contributed by atoms with Crippen LogP contribution in [0.4, 0.5) is 0 Å². The van der Waals surface area contributed by atoms with Crippen molar-refractivity contribution in [3.8, 4) is 0 Å². The first-order valence-electron chi connectivity index (χ1n) is 5.89. The number of aryl methyl sites for hydroxylation is 1. The van der Waals surface area contributed by atoms with Crippen LogP contribution >= 0.6 is 43.6 Å². The van der Waals surface area contributed by atoms with E-state index in [1.165, 1.54) is 0 Å². The Morgan fingerprint density at radius 2 is 2.00 bits per heavy atom. The minimum absolute atomic E-state index is 0.537. The summed E-state index contributed by atoms with van der Waals surface area (Å²) >= 11 is 8.48. The highest BCUT2D eigenvalue weighted by molar-refractivity contribution is 9.10. The predicted molar refractivity (Wildman–Crippen MR) is 85.4 cm³/mol. The molecule has 0 aliphatic rings. The monoisotopic (exact) mass is 404 g/mol. The Morgan fingerprint density at radius 3 is 2.63 bits per heavy atom. The molecule has 1 heterocycles. The predicted octanol–water partition coefficient (Wildman–Crippen LogP) is 4.25. The smallest absolute Gasteiger partial charge is 0.106 e. The maximum atomic E-state index is 10.3. The molecule has 1 aromatic carbocycles. The molecule has 0 aliphatic heterocycles. The highest BCUT2D eigenvalue weighted by Gasteiger charge is 2.17. The zero-order chi connectivity index (χ0) is 13.8. The number of aliphatic hydroxyl groups is 1. The Morgan fingerprint density at radius 1 is 1.32 bits per heavy atom. The van der Waals surface area contributed by atoms with Crippen LogP contribution in [0.2, 0.25) is 0 Å². The second-order valence-electron chi connectivity index (χ2n) is 3.97. The number of halogens is 2. The van der Waals surface area contributed by atoms with Crippen molar-refractivity contribution in [3.63, 3.8) is 0 Å². The lowest BCUT2D eigenvalue weighted by Crippen LogP contribution is -2.10. The fourth-order valence-corrected chi connectivity index (χ4v) is 3.40. The van der Waals surface area contributed by atoms with Gasteiger partial charge >= 0.3 is 0 Å². The molecule has 0 aliphatic carbocycles. The lowest BCUT2D eigenvalue weighted by Gasteiger charge is -2.13. The molecule has 0 saturated heterocycles. The van der Waals surface area contributed by atoms with E-state index in [0.717, 1.165) is 26.1 Å². The summed E-state index contributed by atoms with van der Waals surface area (Å²) < 4.78 is 3.74. The van der Waals surface area contributed by atoms with Crippen LogP contribution in [0.1, 0.15) is 18.7 Å². The average Bonchev–Trinajstić information content (AvgIpc) is 2.79. The first-order valence-corrected chi connectivity index (χ1v) is 8.46. The minimum Gasteiger partial charge on any atom is -0.386 e. The lowest BCUT2D eigenvalue weighted by atomic mass is 10.3. The third-order valence-corrected chi connectivity index (χ3v) is 4.90. The fourth-order valence-electron chi connectivity index (χ4n) is 1.74. The van der Waals surface area contributed by atoms with Gasteiger partial charge in [0, 0.05) is 21.7 Å². The Labute approximate surface area is 133 Å². The molecule has 2 aromatic rings. The summed E-state index contributed by atoms with van der Waals surface area (Å²) in [7, 11) is 0. The van der Waals surface area contributed by atoms with E-state index in [4.69, 9.17) is 0 Å². The third kappa shape index (κ3) is 3.84. The van der Waals surface area contributed by atoms with E-state index in [2.05, 4.69) is 37.0 Å². The van der Waals surface area contributed by atoms with Gasteiger partial charge in [0.25, 0.3) is 0 Å². The third-order valence-electron chi connectivity index (χ3n) is 2.67. The van der Waals surface area contributed by atoms with E-state index >= 15 is 0 Å². The molecule has 6 heteroatoms. The van der Waals surface area contributed by atoms with Crippen molar-refractivity contribution in [1.82, 2.24) is 9.78 Å². The van der Waals surface area contributed by atoms with E-state index in [-0.39, 0.29) is 0 Å². The van der Waals surface area contributed by atoms with Crippen molar-refractivity contribution < 1.29 is 5.11 Å². The number of benzene rings is 1. The summed E-state index contributed by atoms with van der Waals surface area (Å²) in [6, 6.07) is 8.07. The van der Waals surface area contributed by atoms with Crippen molar-refractivity contribution >= 4 is 43.6 Å². The number of hydrogen-bond donors (Lipinski definition) is 1. The van der Waals surface area contributed by atoms with Crippen LogP contribution in [0.3, 0.4) is 0 Å². The molecule has 1 atom stereocenters. The molecule has 2 rings (SSSR count). The number of thioether (sulfide) groups is 1. The summed E-state index contributed by atoms with van der Waals surface area (Å²) in [6.45, 7) is 2.76. The molecular weight excluding hydrogens is 392 g/mol. The number of nitrogens with zero attached hydrogens (tertiary/aromatic N) is 2. The first-order chi connectivity index (χ1) is 9.11. The van der Waals surface area contributed by atoms with Gasteiger partial charge in [-0.2, -0.15) is 5.10 Å². The van der Waals surface area contributed by atoms with E-state index in [9.17, 15) is 5.11 Å². The summed E-state index contributed by atoms with van der Waals surface area (Å²) in [4.78, 5) is 1.14. The molecule has 1 unspecified atom stereocenters. The van der Waals surface area contributed by atoms with Crippen LogP contribution in [0.25, 0.3) is 0 Å². The van der Waals surface area contributed by atoms with E-state index in [1.54, 1.807) is 18.0 Å². The molecule has 1 N–H and O–H groups in total. The number of aromatic nitrogens is 2. The van der Waals surface area contributed by atoms with Gasteiger partial charge in [0.05, 0.1) is 16.4 Å². The fraction of sp³-hybridized carbons (Fsp3) is 0.308. The van der Waals surface area contributed by atoms with Crippen LogP contribution in [0, 0.1) is 0 Å². The second-order valence-corrected chi connectivity index (χ2v) is 6.84. The average molecular weight is 406 g/mol.